The van der Waals surface area contributed by atoms with Crippen LogP contribution in [0.5, 0.6) is 0 Å². The molecule has 0 amide bonds. The number of β-amino-alcohol motifs (C(OH)–C–C–N with tert-alkyl or cyclic N) is 1. The number of nitrogens with one attached hydrogen (secondary N) is 1. The van der Waals surface area contributed by atoms with Gasteiger partial charge in [0.05, 0.1) is 6.10 Å². The number of likely N-dealkylation sites (tertiary alicyclic amines) is 1. The molecule has 0 bridgehead atoms. The van der Waals surface area contributed by atoms with Crippen LogP contribution in [-0.2, 0) is 0 Å². The smallest absolute Gasteiger partial charge is 0.0667 e. The van der Waals surface area contributed by atoms with Gasteiger partial charge >= 0.3 is 0 Å². The van der Waals surface area contributed by atoms with E-state index in [0.717, 1.165) is 45.6 Å². The van der Waals surface area contributed by atoms with Crippen molar-refractivity contribution < 1.29 is 5.11 Å². The average Bonchev–Trinajstić information content (AvgIpc) is 2.29. The van der Waals surface area contributed by atoms with Crippen molar-refractivity contribution in [2.24, 2.45) is 5.41 Å². The second kappa shape index (κ2) is 8.13. The van der Waals surface area contributed by atoms with Crippen LogP contribution in [0.25, 0.3) is 0 Å². The molecular weight excluding hydrogens is 224 g/mol. The first-order chi connectivity index (χ1) is 8.59. The Bertz CT molecular complexity index is 223. The normalized spacial score (nSPS) is 25.0. The highest BCUT2D eigenvalue weighted by Gasteiger charge is 2.28. The molecule has 2 N–H and O–H groups in total. The maximum Gasteiger partial charge on any atom is 0.0667 e. The molecular formula is C15H32N2O. The van der Waals surface area contributed by atoms with Gasteiger partial charge < -0.3 is 15.3 Å². The van der Waals surface area contributed by atoms with Crippen molar-refractivity contribution in [3.8, 4) is 0 Å². The minimum Gasteiger partial charge on any atom is -0.392 e. The molecule has 0 saturated carbocycles. The summed E-state index contributed by atoms with van der Waals surface area (Å²) in [6, 6.07) is 0. The molecule has 1 fully saturated rings. The predicted molar refractivity (Wildman–Crippen MR) is 77.9 cm³/mol. The molecule has 18 heavy (non-hydrogen) atoms. The van der Waals surface area contributed by atoms with Crippen LogP contribution >= 0.6 is 0 Å². The molecule has 0 radical (unpaired) electrons. The molecule has 1 aliphatic heterocycles. The van der Waals surface area contributed by atoms with Gasteiger partial charge in [-0.25, -0.2) is 0 Å². The second-order valence-electron chi connectivity index (χ2n) is 6.27. The highest BCUT2D eigenvalue weighted by molar-refractivity contribution is 4.83. The van der Waals surface area contributed by atoms with E-state index in [1.54, 1.807) is 0 Å². The summed E-state index contributed by atoms with van der Waals surface area (Å²) in [5, 5.41) is 13.3. The highest BCUT2D eigenvalue weighted by Crippen LogP contribution is 2.25. The SMILES string of the molecule is CCCNCC(C)(CCC)CN1CCCC(O)C1. The molecule has 2 atom stereocenters. The molecule has 1 heterocycles. The van der Waals surface area contributed by atoms with Crippen molar-refractivity contribution in [3.05, 3.63) is 0 Å². The lowest BCUT2D eigenvalue weighted by Gasteiger charge is -2.39. The summed E-state index contributed by atoms with van der Waals surface area (Å²) in [6.07, 6.45) is 5.72. The van der Waals surface area contributed by atoms with Gasteiger partial charge in [-0.15, -0.1) is 0 Å². The number of nitrogens with zero attached hydrogens (tertiary/aromatic N) is 1. The van der Waals surface area contributed by atoms with Crippen LogP contribution in [0.4, 0.5) is 0 Å². The summed E-state index contributed by atoms with van der Waals surface area (Å²) < 4.78 is 0. The van der Waals surface area contributed by atoms with E-state index in [0.29, 0.717) is 5.41 Å². The highest BCUT2D eigenvalue weighted by atomic mass is 16.3. The van der Waals surface area contributed by atoms with Gasteiger partial charge in [0.2, 0.25) is 0 Å². The summed E-state index contributed by atoms with van der Waals surface area (Å²) >= 11 is 0. The van der Waals surface area contributed by atoms with Gasteiger partial charge in [-0.2, -0.15) is 0 Å². The van der Waals surface area contributed by atoms with Crippen LogP contribution in [0.2, 0.25) is 0 Å². The van der Waals surface area contributed by atoms with Gasteiger partial charge in [-0.05, 0) is 44.2 Å². The van der Waals surface area contributed by atoms with E-state index in [-0.39, 0.29) is 6.10 Å². The molecule has 0 aromatic heterocycles. The molecule has 3 heteroatoms. The Morgan fingerprint density at radius 3 is 2.72 bits per heavy atom. The van der Waals surface area contributed by atoms with Crippen molar-refractivity contribution in [2.45, 2.75) is 59.0 Å². The van der Waals surface area contributed by atoms with Crippen molar-refractivity contribution in [2.75, 3.05) is 32.7 Å². The monoisotopic (exact) mass is 256 g/mol. The van der Waals surface area contributed by atoms with E-state index in [9.17, 15) is 5.11 Å². The number of aliphatic hydroxyl groups excluding tert-OH is 1. The van der Waals surface area contributed by atoms with E-state index in [2.05, 4.69) is 31.0 Å². The van der Waals surface area contributed by atoms with E-state index >= 15 is 0 Å². The Labute approximate surface area is 113 Å². The van der Waals surface area contributed by atoms with Crippen LogP contribution in [0.3, 0.4) is 0 Å². The molecule has 0 spiro atoms. The molecule has 0 aromatic carbocycles. The van der Waals surface area contributed by atoms with Gasteiger partial charge in [0.25, 0.3) is 0 Å². The average molecular weight is 256 g/mol. The van der Waals surface area contributed by atoms with Crippen LogP contribution in [0.1, 0.15) is 52.9 Å². The third-order valence-corrected chi connectivity index (χ3v) is 3.92. The molecule has 1 rings (SSSR count). The van der Waals surface area contributed by atoms with Gasteiger partial charge in [0, 0.05) is 19.6 Å². The van der Waals surface area contributed by atoms with Crippen LogP contribution in [-0.4, -0.2) is 48.8 Å². The van der Waals surface area contributed by atoms with Crippen molar-refractivity contribution in [1.29, 1.82) is 0 Å². The fraction of sp³-hybridized carbons (Fsp3) is 1.00. The third-order valence-electron chi connectivity index (χ3n) is 3.92. The van der Waals surface area contributed by atoms with Crippen LogP contribution in [0.15, 0.2) is 0 Å². The first-order valence-corrected chi connectivity index (χ1v) is 7.71. The molecule has 0 aromatic rings. The Balaban J connectivity index is 2.43. The number of piperidine rings is 1. The Hall–Kier alpha value is -0.120. The maximum atomic E-state index is 9.76. The number of hydrogen-bond acceptors (Lipinski definition) is 3. The van der Waals surface area contributed by atoms with Gasteiger partial charge in [-0.1, -0.05) is 27.2 Å². The molecule has 2 unspecified atom stereocenters. The van der Waals surface area contributed by atoms with Crippen LogP contribution in [0, 0.1) is 5.41 Å². The largest absolute Gasteiger partial charge is 0.392 e. The summed E-state index contributed by atoms with van der Waals surface area (Å²) in [5.74, 6) is 0. The van der Waals surface area contributed by atoms with Gasteiger partial charge in [0.1, 0.15) is 0 Å². The molecule has 108 valence electrons. The maximum absolute atomic E-state index is 9.76. The van der Waals surface area contributed by atoms with Crippen LogP contribution < -0.4 is 5.32 Å². The van der Waals surface area contributed by atoms with E-state index in [4.69, 9.17) is 0 Å². The number of aliphatic hydroxyl groups is 1. The van der Waals surface area contributed by atoms with Crippen molar-refractivity contribution in [1.82, 2.24) is 10.2 Å². The summed E-state index contributed by atoms with van der Waals surface area (Å²) in [7, 11) is 0. The zero-order valence-corrected chi connectivity index (χ0v) is 12.5. The first-order valence-electron chi connectivity index (χ1n) is 7.71. The second-order valence-corrected chi connectivity index (χ2v) is 6.27. The number of hydrogen-bond donors (Lipinski definition) is 2. The molecule has 0 aliphatic carbocycles. The zero-order chi connectivity index (χ0) is 13.4. The first kappa shape index (κ1) is 15.9. The third kappa shape index (κ3) is 5.68. The zero-order valence-electron chi connectivity index (χ0n) is 12.5. The molecule has 1 aliphatic rings. The fourth-order valence-corrected chi connectivity index (χ4v) is 3.11. The van der Waals surface area contributed by atoms with E-state index in [1.807, 2.05) is 0 Å². The van der Waals surface area contributed by atoms with E-state index in [1.165, 1.54) is 19.3 Å². The standard InChI is InChI=1S/C15H32N2O/c1-4-8-15(3,12-16-9-5-2)13-17-10-6-7-14(18)11-17/h14,16,18H,4-13H2,1-3H3. The van der Waals surface area contributed by atoms with Crippen molar-refractivity contribution in [3.63, 3.8) is 0 Å². The summed E-state index contributed by atoms with van der Waals surface area (Å²) in [4.78, 5) is 2.46. The Morgan fingerprint density at radius 1 is 1.33 bits per heavy atom. The Kier molecular flexibility index (Phi) is 7.20. The minimum absolute atomic E-state index is 0.103. The Morgan fingerprint density at radius 2 is 2.11 bits per heavy atom. The number of rotatable bonds is 8. The summed E-state index contributed by atoms with van der Waals surface area (Å²) in [5.41, 5.74) is 0.348. The fourth-order valence-electron chi connectivity index (χ4n) is 3.11. The molecule has 3 nitrogen and oxygen atoms in total. The lowest BCUT2D eigenvalue weighted by Crippen LogP contribution is -2.47. The molecule has 1 saturated heterocycles. The van der Waals surface area contributed by atoms with Gasteiger partial charge in [0.15, 0.2) is 0 Å². The lowest BCUT2D eigenvalue weighted by atomic mass is 9.84. The van der Waals surface area contributed by atoms with E-state index < -0.39 is 0 Å². The quantitative estimate of drug-likeness (QED) is 0.654. The predicted octanol–water partition coefficient (Wildman–Crippen LogP) is 2.25. The van der Waals surface area contributed by atoms with Crippen molar-refractivity contribution >= 4 is 0 Å². The topological polar surface area (TPSA) is 35.5 Å². The minimum atomic E-state index is -0.103. The van der Waals surface area contributed by atoms with Gasteiger partial charge in [-0.3, -0.25) is 0 Å². The summed E-state index contributed by atoms with van der Waals surface area (Å²) in [6.45, 7) is 12.2. The lowest BCUT2D eigenvalue weighted by molar-refractivity contribution is 0.0444.